The summed E-state index contributed by atoms with van der Waals surface area (Å²) >= 11 is 0. The molecule has 0 aliphatic carbocycles. The fourth-order valence-electron chi connectivity index (χ4n) is 1.93. The maximum Gasteiger partial charge on any atom is 0.389 e. The Morgan fingerprint density at radius 1 is 1.68 bits per heavy atom. The zero-order valence-electron chi connectivity index (χ0n) is 10.2. The molecule has 1 saturated heterocycles. The topological polar surface area (TPSA) is 102 Å². The number of nitrogens with one attached hydrogen (secondary N) is 2. The van der Waals surface area contributed by atoms with Crippen LogP contribution in [-0.4, -0.2) is 39.7 Å². The summed E-state index contributed by atoms with van der Waals surface area (Å²) < 4.78 is 1.27. The van der Waals surface area contributed by atoms with Crippen LogP contribution in [0, 0.1) is 10.1 Å². The fourth-order valence-corrected chi connectivity index (χ4v) is 1.93. The molecule has 0 aromatic carbocycles. The third kappa shape index (κ3) is 4.49. The molecule has 1 aliphatic heterocycles. The van der Waals surface area contributed by atoms with Crippen molar-refractivity contribution in [3.05, 3.63) is 22.4 Å². The van der Waals surface area contributed by atoms with E-state index in [-0.39, 0.29) is 36.7 Å². The number of piperidine rings is 1. The van der Waals surface area contributed by atoms with Crippen LogP contribution < -0.4 is 10.6 Å². The third-order valence-electron chi connectivity index (χ3n) is 2.78. The van der Waals surface area contributed by atoms with E-state index < -0.39 is 4.92 Å². The third-order valence-corrected chi connectivity index (χ3v) is 2.78. The van der Waals surface area contributed by atoms with Crippen molar-refractivity contribution in [3.63, 3.8) is 0 Å². The second-order valence-corrected chi connectivity index (χ2v) is 4.24. The van der Waals surface area contributed by atoms with Crippen molar-refractivity contribution in [3.8, 4) is 0 Å². The number of hydrogen-bond donors (Lipinski definition) is 2. The van der Waals surface area contributed by atoms with E-state index in [1.165, 1.54) is 16.9 Å². The Morgan fingerprint density at radius 2 is 2.47 bits per heavy atom. The van der Waals surface area contributed by atoms with Crippen molar-refractivity contribution in [2.75, 3.05) is 13.1 Å². The number of rotatable bonds is 4. The Morgan fingerprint density at radius 3 is 3.05 bits per heavy atom. The molecule has 9 heteroatoms. The number of hydrogen-bond acceptors (Lipinski definition) is 5. The number of aromatic nitrogens is 2. The van der Waals surface area contributed by atoms with Gasteiger partial charge in [0.1, 0.15) is 6.54 Å². The lowest BCUT2D eigenvalue weighted by Crippen LogP contribution is -2.46. The van der Waals surface area contributed by atoms with E-state index in [0.717, 1.165) is 25.9 Å². The molecule has 1 aliphatic rings. The summed E-state index contributed by atoms with van der Waals surface area (Å²) in [6.45, 7) is 1.76. The molecule has 0 spiro atoms. The molecule has 2 rings (SSSR count). The Hall–Kier alpha value is -1.67. The molecule has 19 heavy (non-hydrogen) atoms. The van der Waals surface area contributed by atoms with Crippen molar-refractivity contribution in [2.24, 2.45) is 0 Å². The number of nitrogens with zero attached hydrogens (tertiary/aromatic N) is 3. The maximum atomic E-state index is 11.7. The molecule has 1 atom stereocenters. The van der Waals surface area contributed by atoms with Gasteiger partial charge in [-0.3, -0.25) is 4.79 Å². The van der Waals surface area contributed by atoms with Crippen LogP contribution in [0.2, 0.25) is 0 Å². The lowest BCUT2D eigenvalue weighted by Gasteiger charge is -2.23. The number of carbonyl (C=O) groups is 1. The van der Waals surface area contributed by atoms with Gasteiger partial charge in [-0.25, -0.2) is 0 Å². The van der Waals surface area contributed by atoms with Gasteiger partial charge in [-0.05, 0) is 24.3 Å². The number of nitro groups is 1. The van der Waals surface area contributed by atoms with Gasteiger partial charge in [0, 0.05) is 12.6 Å². The standard InChI is InChI=1S/C10H15N5O3.ClH/c16-10(12-8-2-1-4-11-6-8)7-14-5-3-9(13-14)15(17)18;/h3,5,8,11H,1-2,4,6-7H2,(H,12,16);1H. The summed E-state index contributed by atoms with van der Waals surface area (Å²) in [5, 5.41) is 20.2. The van der Waals surface area contributed by atoms with Crippen LogP contribution >= 0.6 is 12.4 Å². The summed E-state index contributed by atoms with van der Waals surface area (Å²) in [6, 6.07) is 1.41. The van der Waals surface area contributed by atoms with Crippen LogP contribution in [0.1, 0.15) is 12.8 Å². The van der Waals surface area contributed by atoms with Gasteiger partial charge in [0.2, 0.25) is 5.91 Å². The molecule has 0 saturated carbocycles. The van der Waals surface area contributed by atoms with Gasteiger partial charge in [0.15, 0.2) is 0 Å². The van der Waals surface area contributed by atoms with Gasteiger partial charge in [0.25, 0.3) is 0 Å². The van der Waals surface area contributed by atoms with Gasteiger partial charge in [-0.1, -0.05) is 0 Å². The molecule has 0 radical (unpaired) electrons. The van der Waals surface area contributed by atoms with E-state index in [2.05, 4.69) is 15.7 Å². The highest BCUT2D eigenvalue weighted by atomic mass is 35.5. The van der Waals surface area contributed by atoms with Crippen LogP contribution in [-0.2, 0) is 11.3 Å². The molecule has 8 nitrogen and oxygen atoms in total. The first-order valence-corrected chi connectivity index (χ1v) is 5.83. The van der Waals surface area contributed by atoms with Crippen molar-refractivity contribution in [1.29, 1.82) is 0 Å². The maximum absolute atomic E-state index is 11.7. The minimum atomic E-state index is -0.584. The first kappa shape index (κ1) is 15.4. The van der Waals surface area contributed by atoms with E-state index >= 15 is 0 Å². The van der Waals surface area contributed by atoms with E-state index in [9.17, 15) is 14.9 Å². The summed E-state index contributed by atoms with van der Waals surface area (Å²) in [5.41, 5.74) is 0. The van der Waals surface area contributed by atoms with Crippen LogP contribution in [0.5, 0.6) is 0 Å². The molecule has 106 valence electrons. The summed E-state index contributed by atoms with van der Waals surface area (Å²) in [7, 11) is 0. The van der Waals surface area contributed by atoms with Crippen molar-refractivity contribution in [2.45, 2.75) is 25.4 Å². The molecule has 1 aromatic heterocycles. The molecular formula is C10H16ClN5O3. The van der Waals surface area contributed by atoms with Crippen molar-refractivity contribution >= 4 is 24.1 Å². The van der Waals surface area contributed by atoms with Gasteiger partial charge in [-0.2, -0.15) is 4.68 Å². The van der Waals surface area contributed by atoms with Crippen LogP contribution in [0.3, 0.4) is 0 Å². The highest BCUT2D eigenvalue weighted by Crippen LogP contribution is 2.05. The SMILES string of the molecule is Cl.O=C(Cn1ccc([N+](=O)[O-])n1)NC1CCCNC1. The molecule has 1 aromatic rings. The zero-order chi connectivity index (χ0) is 13.0. The zero-order valence-corrected chi connectivity index (χ0v) is 11.1. The summed E-state index contributed by atoms with van der Waals surface area (Å²) in [6.07, 6.45) is 3.42. The molecule has 2 heterocycles. The minimum Gasteiger partial charge on any atom is -0.358 e. The van der Waals surface area contributed by atoms with Crippen LogP contribution in [0.25, 0.3) is 0 Å². The monoisotopic (exact) mass is 289 g/mol. The van der Waals surface area contributed by atoms with Crippen molar-refractivity contribution < 1.29 is 9.72 Å². The predicted molar refractivity (Wildman–Crippen MR) is 70.2 cm³/mol. The first-order chi connectivity index (χ1) is 8.65. The molecule has 1 fully saturated rings. The molecular weight excluding hydrogens is 274 g/mol. The van der Waals surface area contributed by atoms with Gasteiger partial charge in [0.05, 0.1) is 17.4 Å². The second kappa shape index (κ2) is 7.05. The normalized spacial score (nSPS) is 18.4. The molecule has 0 bridgehead atoms. The van der Waals surface area contributed by atoms with Gasteiger partial charge < -0.3 is 20.7 Å². The Labute approximate surface area is 116 Å². The van der Waals surface area contributed by atoms with Crippen molar-refractivity contribution in [1.82, 2.24) is 20.4 Å². The van der Waals surface area contributed by atoms with E-state index in [1.54, 1.807) is 0 Å². The lowest BCUT2D eigenvalue weighted by atomic mass is 10.1. The molecule has 2 N–H and O–H groups in total. The first-order valence-electron chi connectivity index (χ1n) is 5.83. The van der Waals surface area contributed by atoms with Crippen LogP contribution in [0.4, 0.5) is 5.82 Å². The molecule has 1 amide bonds. The Kier molecular flexibility index (Phi) is 5.71. The van der Waals surface area contributed by atoms with E-state index in [1.807, 2.05) is 0 Å². The quantitative estimate of drug-likeness (QED) is 0.604. The predicted octanol–water partition coefficient (Wildman–Crippen LogP) is 0.0813. The average molecular weight is 290 g/mol. The average Bonchev–Trinajstić information content (AvgIpc) is 2.78. The largest absolute Gasteiger partial charge is 0.389 e. The Bertz CT molecular complexity index is 444. The van der Waals surface area contributed by atoms with E-state index in [4.69, 9.17) is 0 Å². The Balaban J connectivity index is 0.00000180. The minimum absolute atomic E-state index is 0. The highest BCUT2D eigenvalue weighted by molar-refractivity contribution is 5.85. The number of halogens is 1. The van der Waals surface area contributed by atoms with E-state index in [0.29, 0.717) is 0 Å². The smallest absolute Gasteiger partial charge is 0.358 e. The highest BCUT2D eigenvalue weighted by Gasteiger charge is 2.17. The molecule has 1 unspecified atom stereocenters. The fraction of sp³-hybridized carbons (Fsp3) is 0.600. The summed E-state index contributed by atoms with van der Waals surface area (Å²) in [4.78, 5) is 21.5. The van der Waals surface area contributed by atoms with Gasteiger partial charge in [-0.15, -0.1) is 12.4 Å². The lowest BCUT2D eigenvalue weighted by molar-refractivity contribution is -0.389. The number of carbonyl (C=O) groups excluding carboxylic acids is 1. The van der Waals surface area contributed by atoms with Crippen LogP contribution in [0.15, 0.2) is 12.3 Å². The second-order valence-electron chi connectivity index (χ2n) is 4.24. The number of amides is 1. The summed E-state index contributed by atoms with van der Waals surface area (Å²) in [5.74, 6) is -0.427. The van der Waals surface area contributed by atoms with Gasteiger partial charge >= 0.3 is 5.82 Å².